The highest BCUT2D eigenvalue weighted by Crippen LogP contribution is 2.09. The van der Waals surface area contributed by atoms with Gasteiger partial charge in [0.25, 0.3) is 5.56 Å². The number of carbonyl (C=O) groups excluding carboxylic acids is 1. The number of aromatic amines is 1. The van der Waals surface area contributed by atoms with Gasteiger partial charge in [-0.2, -0.15) is 0 Å². The van der Waals surface area contributed by atoms with Gasteiger partial charge in [0.1, 0.15) is 12.3 Å². The molecule has 0 aromatic carbocycles. The highest BCUT2D eigenvalue weighted by Gasteiger charge is 2.18. The quantitative estimate of drug-likeness (QED) is 0.864. The third-order valence-corrected chi connectivity index (χ3v) is 3.36. The van der Waals surface area contributed by atoms with Crippen molar-refractivity contribution in [2.45, 2.75) is 33.9 Å². The lowest BCUT2D eigenvalue weighted by molar-refractivity contribution is -0.133. The molecule has 0 saturated carbocycles. The Bertz CT molecular complexity index is 771. The number of hydrogen-bond acceptors (Lipinski definition) is 4. The Balaban J connectivity index is 2.18. The first kappa shape index (κ1) is 16.8. The van der Waals surface area contributed by atoms with E-state index in [4.69, 9.17) is 4.42 Å². The van der Waals surface area contributed by atoms with Gasteiger partial charge >= 0.3 is 5.69 Å². The van der Waals surface area contributed by atoms with E-state index in [1.54, 1.807) is 30.2 Å². The van der Waals surface area contributed by atoms with Crippen LogP contribution in [-0.2, 0) is 17.9 Å². The maximum absolute atomic E-state index is 12.6. The van der Waals surface area contributed by atoms with Crippen LogP contribution in [0.15, 0.2) is 38.6 Å². The summed E-state index contributed by atoms with van der Waals surface area (Å²) in [5.41, 5.74) is -0.636. The molecule has 124 valence electrons. The summed E-state index contributed by atoms with van der Waals surface area (Å²) in [7, 11) is 0. The van der Waals surface area contributed by atoms with Gasteiger partial charge in [0.05, 0.1) is 12.8 Å². The van der Waals surface area contributed by atoms with Gasteiger partial charge in [0.2, 0.25) is 5.91 Å². The van der Waals surface area contributed by atoms with Crippen molar-refractivity contribution in [3.8, 4) is 0 Å². The lowest BCUT2D eigenvalue weighted by atomic mass is 10.2. The van der Waals surface area contributed by atoms with Crippen molar-refractivity contribution in [2.75, 3.05) is 6.54 Å². The molecule has 0 radical (unpaired) electrons. The number of H-pyrrole nitrogens is 1. The standard InChI is InChI=1S/C16H21N3O4/c1-11(2)7-18(9-13-5-4-6-23-13)14(20)10-19-8-12(3)15(21)17-16(19)22/h4-6,8,11H,7,9-10H2,1-3H3,(H,17,21,22). The lowest BCUT2D eigenvalue weighted by Gasteiger charge is -2.24. The molecule has 0 aliphatic rings. The Morgan fingerprint density at radius 2 is 2.13 bits per heavy atom. The normalized spacial score (nSPS) is 11.0. The van der Waals surface area contributed by atoms with Crippen molar-refractivity contribution in [2.24, 2.45) is 5.92 Å². The minimum Gasteiger partial charge on any atom is -0.467 e. The third-order valence-electron chi connectivity index (χ3n) is 3.36. The second kappa shape index (κ2) is 7.13. The molecule has 0 bridgehead atoms. The second-order valence-corrected chi connectivity index (χ2v) is 5.95. The summed E-state index contributed by atoms with van der Waals surface area (Å²) in [5, 5.41) is 0. The molecular weight excluding hydrogens is 298 g/mol. The van der Waals surface area contributed by atoms with E-state index in [9.17, 15) is 14.4 Å². The monoisotopic (exact) mass is 319 g/mol. The van der Waals surface area contributed by atoms with Crippen LogP contribution in [0.5, 0.6) is 0 Å². The van der Waals surface area contributed by atoms with Crippen molar-refractivity contribution >= 4 is 5.91 Å². The fourth-order valence-electron chi connectivity index (χ4n) is 2.27. The van der Waals surface area contributed by atoms with Gasteiger partial charge < -0.3 is 9.32 Å². The summed E-state index contributed by atoms with van der Waals surface area (Å²) in [5.74, 6) is 0.760. The topological polar surface area (TPSA) is 88.3 Å². The fourth-order valence-corrected chi connectivity index (χ4v) is 2.27. The van der Waals surface area contributed by atoms with Crippen molar-refractivity contribution in [1.29, 1.82) is 0 Å². The number of aryl methyl sites for hydroxylation is 1. The summed E-state index contributed by atoms with van der Waals surface area (Å²) in [6.45, 7) is 6.40. The molecule has 23 heavy (non-hydrogen) atoms. The van der Waals surface area contributed by atoms with Crippen LogP contribution in [0.3, 0.4) is 0 Å². The van der Waals surface area contributed by atoms with Crippen LogP contribution in [0.1, 0.15) is 25.2 Å². The van der Waals surface area contributed by atoms with Gasteiger partial charge in [-0.05, 0) is 25.0 Å². The molecule has 0 fully saturated rings. The first-order chi connectivity index (χ1) is 10.9. The van der Waals surface area contributed by atoms with E-state index in [1.165, 1.54) is 10.8 Å². The number of furan rings is 1. The molecule has 2 rings (SSSR count). The van der Waals surface area contributed by atoms with E-state index in [1.807, 2.05) is 13.8 Å². The van der Waals surface area contributed by atoms with Crippen LogP contribution < -0.4 is 11.2 Å². The molecular formula is C16H21N3O4. The average molecular weight is 319 g/mol. The Morgan fingerprint density at radius 3 is 2.74 bits per heavy atom. The highest BCUT2D eigenvalue weighted by atomic mass is 16.3. The van der Waals surface area contributed by atoms with Gasteiger partial charge in [-0.25, -0.2) is 4.79 Å². The summed E-state index contributed by atoms with van der Waals surface area (Å²) in [6, 6.07) is 3.57. The van der Waals surface area contributed by atoms with Gasteiger partial charge in [0, 0.05) is 18.3 Å². The maximum atomic E-state index is 12.6. The van der Waals surface area contributed by atoms with E-state index in [0.717, 1.165) is 0 Å². The van der Waals surface area contributed by atoms with Gasteiger partial charge in [0.15, 0.2) is 0 Å². The Kier molecular flexibility index (Phi) is 5.20. The number of hydrogen-bond donors (Lipinski definition) is 1. The Labute approximate surface area is 133 Å². The van der Waals surface area contributed by atoms with E-state index in [2.05, 4.69) is 4.98 Å². The molecule has 2 aromatic heterocycles. The predicted molar refractivity (Wildman–Crippen MR) is 85.0 cm³/mol. The number of nitrogens with zero attached hydrogens (tertiary/aromatic N) is 2. The summed E-state index contributed by atoms with van der Waals surface area (Å²) >= 11 is 0. The molecule has 0 aliphatic heterocycles. The van der Waals surface area contributed by atoms with Crippen molar-refractivity contribution < 1.29 is 9.21 Å². The number of carbonyl (C=O) groups is 1. The summed E-state index contributed by atoms with van der Waals surface area (Å²) < 4.78 is 6.51. The third kappa shape index (κ3) is 4.45. The molecule has 0 atom stereocenters. The molecule has 1 amide bonds. The van der Waals surface area contributed by atoms with E-state index in [0.29, 0.717) is 24.4 Å². The first-order valence-corrected chi connectivity index (χ1v) is 7.47. The van der Waals surface area contributed by atoms with Gasteiger partial charge in [-0.15, -0.1) is 0 Å². The van der Waals surface area contributed by atoms with Gasteiger partial charge in [-0.1, -0.05) is 13.8 Å². The summed E-state index contributed by atoms with van der Waals surface area (Å²) in [4.78, 5) is 39.6. The van der Waals surface area contributed by atoms with E-state index in [-0.39, 0.29) is 18.4 Å². The molecule has 0 saturated heterocycles. The zero-order chi connectivity index (χ0) is 17.0. The maximum Gasteiger partial charge on any atom is 0.328 e. The Hall–Kier alpha value is -2.57. The van der Waals surface area contributed by atoms with Crippen molar-refractivity contribution in [1.82, 2.24) is 14.5 Å². The van der Waals surface area contributed by atoms with Crippen LogP contribution >= 0.6 is 0 Å². The highest BCUT2D eigenvalue weighted by molar-refractivity contribution is 5.76. The number of aromatic nitrogens is 2. The zero-order valence-electron chi connectivity index (χ0n) is 13.5. The zero-order valence-corrected chi connectivity index (χ0v) is 13.5. The SMILES string of the molecule is Cc1cn(CC(=O)N(Cc2ccco2)CC(C)C)c(=O)[nH]c1=O. The number of rotatable bonds is 6. The minimum absolute atomic E-state index is 0.121. The van der Waals surface area contributed by atoms with Crippen LogP contribution in [0.4, 0.5) is 0 Å². The number of nitrogens with one attached hydrogen (secondary N) is 1. The van der Waals surface area contributed by atoms with Crippen molar-refractivity contribution in [3.05, 3.63) is 56.8 Å². The molecule has 7 heteroatoms. The number of amides is 1. The lowest BCUT2D eigenvalue weighted by Crippen LogP contribution is -2.40. The van der Waals surface area contributed by atoms with E-state index >= 15 is 0 Å². The fraction of sp³-hybridized carbons (Fsp3) is 0.438. The van der Waals surface area contributed by atoms with Gasteiger partial charge in [-0.3, -0.25) is 19.1 Å². The second-order valence-electron chi connectivity index (χ2n) is 5.95. The molecule has 0 aliphatic carbocycles. The minimum atomic E-state index is -0.587. The summed E-state index contributed by atoms with van der Waals surface area (Å²) in [6.07, 6.45) is 2.96. The van der Waals surface area contributed by atoms with Crippen molar-refractivity contribution in [3.63, 3.8) is 0 Å². The largest absolute Gasteiger partial charge is 0.467 e. The van der Waals surface area contributed by atoms with E-state index < -0.39 is 11.2 Å². The predicted octanol–water partition coefficient (Wildman–Crippen LogP) is 1.12. The van der Waals surface area contributed by atoms with Crippen LogP contribution in [0.25, 0.3) is 0 Å². The molecule has 7 nitrogen and oxygen atoms in total. The Morgan fingerprint density at radius 1 is 1.39 bits per heavy atom. The molecule has 1 N–H and O–H groups in total. The first-order valence-electron chi connectivity index (χ1n) is 7.47. The molecule has 0 spiro atoms. The molecule has 2 aromatic rings. The average Bonchev–Trinajstić information content (AvgIpc) is 2.96. The van der Waals surface area contributed by atoms with Crippen LogP contribution in [0, 0.1) is 12.8 Å². The molecule has 0 unspecified atom stereocenters. The van der Waals surface area contributed by atoms with Crippen LogP contribution in [-0.4, -0.2) is 26.9 Å². The molecule has 2 heterocycles. The van der Waals surface area contributed by atoms with Crippen LogP contribution in [0.2, 0.25) is 0 Å². The smallest absolute Gasteiger partial charge is 0.328 e.